The number of benzene rings is 2. The van der Waals surface area contributed by atoms with Gasteiger partial charge in [-0.05, 0) is 37.0 Å². The van der Waals surface area contributed by atoms with Crippen molar-refractivity contribution in [2.75, 3.05) is 18.0 Å². The molecule has 0 spiro atoms. The number of nitrogens with one attached hydrogen (secondary N) is 1. The van der Waals surface area contributed by atoms with Gasteiger partial charge in [0.15, 0.2) is 0 Å². The van der Waals surface area contributed by atoms with Crippen LogP contribution in [0.1, 0.15) is 30.4 Å². The highest BCUT2D eigenvalue weighted by atomic mass is 16.3. The van der Waals surface area contributed by atoms with Crippen LogP contribution < -0.4 is 16.1 Å². The van der Waals surface area contributed by atoms with Crippen molar-refractivity contribution in [3.05, 3.63) is 86.6 Å². The Kier molecular flexibility index (Phi) is 5.79. The Morgan fingerprint density at radius 2 is 1.67 bits per heavy atom. The predicted molar refractivity (Wildman–Crippen MR) is 118 cm³/mol. The quantitative estimate of drug-likeness (QED) is 0.640. The molecule has 0 aliphatic carbocycles. The number of aromatic nitrogens is 2. The van der Waals surface area contributed by atoms with Gasteiger partial charge >= 0.3 is 5.69 Å². The molecular weight excluding hydrogens is 380 g/mol. The first-order valence-corrected chi connectivity index (χ1v) is 10.1. The van der Waals surface area contributed by atoms with E-state index in [1.807, 2.05) is 54.6 Å². The predicted octanol–water partition coefficient (Wildman–Crippen LogP) is 3.03. The third-order valence-corrected chi connectivity index (χ3v) is 5.30. The number of aliphatic imine (C=N–C) groups is 1. The molecular formula is C23H24N4O3. The van der Waals surface area contributed by atoms with Gasteiger partial charge in [-0.3, -0.25) is 19.3 Å². The molecule has 0 amide bonds. The van der Waals surface area contributed by atoms with E-state index >= 15 is 0 Å². The van der Waals surface area contributed by atoms with Crippen LogP contribution in [0.3, 0.4) is 0 Å². The highest BCUT2D eigenvalue weighted by molar-refractivity contribution is 5.86. The molecule has 154 valence electrons. The minimum atomic E-state index is -0.666. The molecule has 3 aromatic rings. The summed E-state index contributed by atoms with van der Waals surface area (Å²) in [5.41, 5.74) is 1.19. The number of aromatic amines is 1. The summed E-state index contributed by atoms with van der Waals surface area (Å²) in [5.74, 6) is -0.396. The van der Waals surface area contributed by atoms with E-state index in [4.69, 9.17) is 0 Å². The highest BCUT2D eigenvalue weighted by Crippen LogP contribution is 2.30. The lowest BCUT2D eigenvalue weighted by atomic mass is 10.1. The lowest BCUT2D eigenvalue weighted by molar-refractivity contribution is 0.408. The average Bonchev–Trinajstić information content (AvgIpc) is 2.78. The highest BCUT2D eigenvalue weighted by Gasteiger charge is 2.15. The molecule has 30 heavy (non-hydrogen) atoms. The van der Waals surface area contributed by atoms with Crippen molar-refractivity contribution in [2.45, 2.75) is 25.8 Å². The maximum Gasteiger partial charge on any atom is 0.331 e. The largest absolute Gasteiger partial charge is 0.494 e. The maximum atomic E-state index is 12.3. The number of rotatable bonds is 5. The molecule has 4 rings (SSSR count). The summed E-state index contributed by atoms with van der Waals surface area (Å²) in [6, 6.07) is 17.0. The fourth-order valence-electron chi connectivity index (χ4n) is 3.71. The van der Waals surface area contributed by atoms with Crippen LogP contribution in [0.2, 0.25) is 0 Å². The van der Waals surface area contributed by atoms with Gasteiger partial charge in [-0.15, -0.1) is 0 Å². The molecule has 7 heteroatoms. The molecule has 2 N–H and O–H groups in total. The van der Waals surface area contributed by atoms with E-state index in [2.05, 4.69) is 14.9 Å². The second-order valence-electron chi connectivity index (χ2n) is 7.36. The Hall–Kier alpha value is -3.61. The zero-order valence-corrected chi connectivity index (χ0v) is 16.6. The van der Waals surface area contributed by atoms with Crippen molar-refractivity contribution < 1.29 is 5.11 Å². The van der Waals surface area contributed by atoms with Gasteiger partial charge in [0.1, 0.15) is 5.56 Å². The van der Waals surface area contributed by atoms with Crippen LogP contribution in [0.25, 0.3) is 0 Å². The second kappa shape index (κ2) is 8.82. The molecule has 0 saturated carbocycles. The van der Waals surface area contributed by atoms with Crippen molar-refractivity contribution in [3.63, 3.8) is 0 Å². The van der Waals surface area contributed by atoms with Gasteiger partial charge in [-0.25, -0.2) is 4.79 Å². The lowest BCUT2D eigenvalue weighted by Gasteiger charge is -2.29. The van der Waals surface area contributed by atoms with E-state index in [1.165, 1.54) is 12.6 Å². The van der Waals surface area contributed by atoms with E-state index < -0.39 is 17.1 Å². The second-order valence-corrected chi connectivity index (χ2v) is 7.36. The molecule has 1 saturated heterocycles. The van der Waals surface area contributed by atoms with Gasteiger partial charge in [0, 0.05) is 19.3 Å². The van der Waals surface area contributed by atoms with Crippen molar-refractivity contribution in [1.82, 2.24) is 9.55 Å². The van der Waals surface area contributed by atoms with Gasteiger partial charge < -0.3 is 10.0 Å². The smallest absolute Gasteiger partial charge is 0.331 e. The standard InChI is InChI=1S/C23H24N4O3/c28-21-18(22(29)27(23(30)25-21)16-17-9-3-1-4-10-17)15-24-19-11-5-6-12-20(19)26-13-7-2-8-14-26/h1,3-6,9-12,15,29H,2,7-8,13-14,16H2,(H,25,28,30). The lowest BCUT2D eigenvalue weighted by Crippen LogP contribution is -2.32. The van der Waals surface area contributed by atoms with E-state index in [-0.39, 0.29) is 12.1 Å². The van der Waals surface area contributed by atoms with Gasteiger partial charge in [-0.1, -0.05) is 42.5 Å². The topological polar surface area (TPSA) is 90.7 Å². The molecule has 0 radical (unpaired) electrons. The Morgan fingerprint density at radius 3 is 2.43 bits per heavy atom. The zero-order chi connectivity index (χ0) is 20.9. The zero-order valence-electron chi connectivity index (χ0n) is 16.6. The van der Waals surface area contributed by atoms with E-state index in [0.717, 1.165) is 47.4 Å². The molecule has 7 nitrogen and oxygen atoms in total. The average molecular weight is 404 g/mol. The van der Waals surface area contributed by atoms with Crippen LogP contribution in [-0.2, 0) is 6.54 Å². The summed E-state index contributed by atoms with van der Waals surface area (Å²) in [6.45, 7) is 2.09. The number of piperidine rings is 1. The first kappa shape index (κ1) is 19.7. The molecule has 0 atom stereocenters. The van der Waals surface area contributed by atoms with E-state index in [1.54, 1.807) is 0 Å². The summed E-state index contributed by atoms with van der Waals surface area (Å²) in [6.07, 6.45) is 4.85. The molecule has 1 aliphatic rings. The van der Waals surface area contributed by atoms with Crippen molar-refractivity contribution >= 4 is 17.6 Å². The SMILES string of the molecule is O=c1[nH]c(=O)n(Cc2ccccc2)c(O)c1C=Nc1ccccc1N1CCCCC1. The number of para-hydroxylation sites is 2. The number of aromatic hydroxyl groups is 1. The first-order chi connectivity index (χ1) is 14.6. The minimum absolute atomic E-state index is 0.0426. The Morgan fingerprint density at radius 1 is 0.967 bits per heavy atom. The molecule has 0 unspecified atom stereocenters. The fourth-order valence-corrected chi connectivity index (χ4v) is 3.71. The van der Waals surface area contributed by atoms with E-state index in [0.29, 0.717) is 0 Å². The molecule has 1 aliphatic heterocycles. The van der Waals surface area contributed by atoms with Crippen LogP contribution in [0.5, 0.6) is 5.88 Å². The minimum Gasteiger partial charge on any atom is -0.494 e. The van der Waals surface area contributed by atoms with Crippen LogP contribution in [0.4, 0.5) is 11.4 Å². The number of hydrogen-bond donors (Lipinski definition) is 2. The third-order valence-electron chi connectivity index (χ3n) is 5.30. The van der Waals surface area contributed by atoms with Crippen molar-refractivity contribution in [2.24, 2.45) is 4.99 Å². The van der Waals surface area contributed by atoms with Crippen LogP contribution >= 0.6 is 0 Å². The molecule has 1 aromatic heterocycles. The summed E-state index contributed by atoms with van der Waals surface area (Å²) in [5, 5.41) is 10.6. The van der Waals surface area contributed by atoms with Gasteiger partial charge in [0.05, 0.1) is 17.9 Å². The van der Waals surface area contributed by atoms with Crippen LogP contribution in [0, 0.1) is 0 Å². The summed E-state index contributed by atoms with van der Waals surface area (Å²) >= 11 is 0. The Labute approximate surface area is 174 Å². The van der Waals surface area contributed by atoms with Crippen LogP contribution in [0.15, 0.2) is 69.2 Å². The monoisotopic (exact) mass is 404 g/mol. The molecule has 2 heterocycles. The third kappa shape index (κ3) is 4.20. The fraction of sp³-hybridized carbons (Fsp3) is 0.261. The summed E-state index contributed by atoms with van der Waals surface area (Å²) < 4.78 is 1.13. The Bertz CT molecular complexity index is 1160. The number of hydrogen-bond acceptors (Lipinski definition) is 5. The van der Waals surface area contributed by atoms with E-state index in [9.17, 15) is 14.7 Å². The summed E-state index contributed by atoms with van der Waals surface area (Å²) in [4.78, 5) is 33.6. The number of anilines is 1. The van der Waals surface area contributed by atoms with Crippen molar-refractivity contribution in [3.8, 4) is 5.88 Å². The number of nitrogens with zero attached hydrogens (tertiary/aromatic N) is 3. The molecule has 1 fully saturated rings. The van der Waals surface area contributed by atoms with Gasteiger partial charge in [-0.2, -0.15) is 0 Å². The normalized spacial score (nSPS) is 14.3. The van der Waals surface area contributed by atoms with Crippen LogP contribution in [-0.4, -0.2) is 34.0 Å². The van der Waals surface area contributed by atoms with Gasteiger partial charge in [0.25, 0.3) is 5.56 Å². The Balaban J connectivity index is 1.69. The number of H-pyrrole nitrogens is 1. The summed E-state index contributed by atoms with van der Waals surface area (Å²) in [7, 11) is 0. The first-order valence-electron chi connectivity index (χ1n) is 10.1. The maximum absolute atomic E-state index is 12.3. The van der Waals surface area contributed by atoms with Crippen molar-refractivity contribution in [1.29, 1.82) is 0 Å². The molecule has 2 aromatic carbocycles. The van der Waals surface area contributed by atoms with Gasteiger partial charge in [0.2, 0.25) is 5.88 Å². The molecule has 0 bridgehead atoms.